The highest BCUT2D eigenvalue weighted by atomic mass is 16.4. The molecule has 24 heteroatoms. The van der Waals surface area contributed by atoms with Crippen molar-refractivity contribution in [1.29, 1.82) is 0 Å². The van der Waals surface area contributed by atoms with E-state index in [1.165, 1.54) is 13.8 Å². The smallest absolute Gasteiger partial charge is 0.326 e. The maximum atomic E-state index is 14.2. The van der Waals surface area contributed by atoms with Crippen LogP contribution in [0.5, 0.6) is 0 Å². The molecule has 24 nitrogen and oxygen atoms in total. The molecule has 0 saturated heterocycles. The largest absolute Gasteiger partial charge is 0.481 e. The molecule has 0 aliphatic heterocycles. The quantitative estimate of drug-likeness (QED) is 0.0363. The number of aromatic nitrogens is 1. The lowest BCUT2D eigenvalue weighted by Gasteiger charge is -2.28. The van der Waals surface area contributed by atoms with E-state index in [2.05, 4.69) is 42.2 Å². The number of carboxylic acids is 3. The molecule has 0 unspecified atom stereocenters. The summed E-state index contributed by atoms with van der Waals surface area (Å²) in [5, 5.41) is 55.2. The Morgan fingerprint density at radius 2 is 1.11 bits per heavy atom. The Kier molecular flexibility index (Phi) is 22.5. The Morgan fingerprint density at radius 1 is 0.600 bits per heavy atom. The standard InChI is InChI=1S/C41H62N10O14/c1-20(2)33(51-37(60)27(12-14-31(53)54)46-34(57)21(3)43)40(63)45-22(4)35(58)49-29(17-23-18-44-25-10-6-5-9-24(23)25)38(61)47-26(11-7-8-16-42)36(59)50-30(19-52)39(62)48-28(41(64)65)13-15-32(55)56/h5-6,9-10,18,20-22,26-30,33,44,52H,7-8,11-17,19,42-43H2,1-4H3,(H,45,63)(H,46,57)(H,47,61)(H,48,62)(H,49,58)(H,50,59)(H,51,60)(H,53,54)(H,55,56)(H,64,65)/t21-,22-,26-,27-,28-,29-,30-,33-/m0/s1. The molecule has 1 heterocycles. The number of H-pyrrole nitrogens is 1. The fourth-order valence-corrected chi connectivity index (χ4v) is 6.32. The van der Waals surface area contributed by atoms with Crippen LogP contribution in [0.4, 0.5) is 0 Å². The molecule has 0 fully saturated rings. The van der Waals surface area contributed by atoms with Gasteiger partial charge in [0.15, 0.2) is 0 Å². The summed E-state index contributed by atoms with van der Waals surface area (Å²) in [5.41, 5.74) is 12.5. The number of hydrogen-bond acceptors (Lipinski definition) is 13. The molecule has 8 atom stereocenters. The first-order valence-corrected chi connectivity index (χ1v) is 21.0. The summed E-state index contributed by atoms with van der Waals surface area (Å²) < 4.78 is 0. The van der Waals surface area contributed by atoms with Crippen molar-refractivity contribution in [3.05, 3.63) is 36.0 Å². The number of unbranched alkanes of at least 4 members (excludes halogenated alkanes) is 1. The van der Waals surface area contributed by atoms with E-state index in [4.69, 9.17) is 16.6 Å². The average Bonchev–Trinajstić information content (AvgIpc) is 3.65. The third-order valence-corrected chi connectivity index (χ3v) is 10.1. The van der Waals surface area contributed by atoms with Crippen LogP contribution in [0.25, 0.3) is 10.9 Å². The number of hydrogen-bond donors (Lipinski definition) is 14. The van der Waals surface area contributed by atoms with Gasteiger partial charge in [-0.3, -0.25) is 43.2 Å². The predicted octanol–water partition coefficient (Wildman–Crippen LogP) is -2.94. The van der Waals surface area contributed by atoms with E-state index in [-0.39, 0.29) is 32.2 Å². The first-order valence-electron chi connectivity index (χ1n) is 21.0. The van der Waals surface area contributed by atoms with Gasteiger partial charge in [-0.2, -0.15) is 0 Å². The third-order valence-electron chi connectivity index (χ3n) is 10.1. The summed E-state index contributed by atoms with van der Waals surface area (Å²) in [4.78, 5) is 131. The Bertz CT molecular complexity index is 2010. The number of nitrogens with two attached hydrogens (primary N) is 2. The molecule has 2 aromatic rings. The molecule has 16 N–H and O–H groups in total. The van der Waals surface area contributed by atoms with Crippen LogP contribution in [0, 0.1) is 5.92 Å². The van der Waals surface area contributed by atoms with Gasteiger partial charge in [0.2, 0.25) is 41.4 Å². The van der Waals surface area contributed by atoms with Crippen molar-refractivity contribution < 1.29 is 68.4 Å². The molecule has 0 aliphatic carbocycles. The number of aliphatic hydroxyl groups excluding tert-OH is 1. The topological polar surface area (TPSA) is 404 Å². The number of carboxylic acid groups (broad SMARTS) is 3. The van der Waals surface area contributed by atoms with Crippen LogP contribution >= 0.6 is 0 Å². The van der Waals surface area contributed by atoms with Gasteiger partial charge in [-0.05, 0) is 70.0 Å². The van der Waals surface area contributed by atoms with Crippen LogP contribution in [0.2, 0.25) is 0 Å². The second-order valence-electron chi connectivity index (χ2n) is 15.8. The van der Waals surface area contributed by atoms with E-state index in [1.807, 2.05) is 0 Å². The van der Waals surface area contributed by atoms with Crippen LogP contribution in [-0.2, 0) is 54.4 Å². The molecule has 1 aromatic carbocycles. The fourth-order valence-electron chi connectivity index (χ4n) is 6.32. The summed E-state index contributed by atoms with van der Waals surface area (Å²) in [6.45, 7) is 5.07. The lowest BCUT2D eigenvalue weighted by Crippen LogP contribution is -2.60. The molecule has 65 heavy (non-hydrogen) atoms. The molecular formula is C41H62N10O14. The van der Waals surface area contributed by atoms with Gasteiger partial charge in [0.1, 0.15) is 42.3 Å². The lowest BCUT2D eigenvalue weighted by molar-refractivity contribution is -0.144. The van der Waals surface area contributed by atoms with E-state index < -0.39 is 139 Å². The van der Waals surface area contributed by atoms with Gasteiger partial charge >= 0.3 is 17.9 Å². The van der Waals surface area contributed by atoms with E-state index in [1.54, 1.807) is 44.3 Å². The number of amides is 7. The van der Waals surface area contributed by atoms with Gasteiger partial charge in [-0.15, -0.1) is 0 Å². The molecular weight excluding hydrogens is 857 g/mol. The number of rotatable bonds is 29. The minimum Gasteiger partial charge on any atom is -0.481 e. The SMILES string of the molecule is CC(C)[C@H](NC(=O)[C@H](CCC(=O)O)NC(=O)[C@H](C)N)C(=O)N[C@@H](C)C(=O)N[C@@H](Cc1c[nH]c2ccccc12)C(=O)N[C@@H](CCCCN)C(=O)N[C@@H](CO)C(=O)N[C@@H](CCC(=O)O)C(=O)O. The Morgan fingerprint density at radius 3 is 1.68 bits per heavy atom. The molecule has 360 valence electrons. The minimum atomic E-state index is -1.72. The molecule has 7 amide bonds. The van der Waals surface area contributed by atoms with Gasteiger partial charge in [0.25, 0.3) is 0 Å². The first-order chi connectivity index (χ1) is 30.6. The van der Waals surface area contributed by atoms with Crippen LogP contribution < -0.4 is 48.7 Å². The molecule has 0 radical (unpaired) electrons. The number of aliphatic hydroxyl groups is 1. The summed E-state index contributed by atoms with van der Waals surface area (Å²) in [5.74, 6) is -11.0. The zero-order valence-electron chi connectivity index (χ0n) is 36.7. The number of nitrogens with one attached hydrogen (secondary N) is 8. The maximum Gasteiger partial charge on any atom is 0.326 e. The molecule has 0 bridgehead atoms. The lowest BCUT2D eigenvalue weighted by atomic mass is 10.0. The second-order valence-corrected chi connectivity index (χ2v) is 15.8. The van der Waals surface area contributed by atoms with E-state index in [9.17, 15) is 63.3 Å². The van der Waals surface area contributed by atoms with E-state index in [0.29, 0.717) is 22.9 Å². The van der Waals surface area contributed by atoms with Gasteiger partial charge < -0.3 is 74.1 Å². The van der Waals surface area contributed by atoms with Crippen molar-refractivity contribution in [2.24, 2.45) is 17.4 Å². The van der Waals surface area contributed by atoms with Crippen molar-refractivity contribution in [3.8, 4) is 0 Å². The van der Waals surface area contributed by atoms with Crippen LogP contribution in [-0.4, -0.2) is 146 Å². The molecule has 0 spiro atoms. The zero-order chi connectivity index (χ0) is 49.0. The van der Waals surface area contributed by atoms with Crippen molar-refractivity contribution >= 4 is 70.2 Å². The summed E-state index contributed by atoms with van der Waals surface area (Å²) in [7, 11) is 0. The van der Waals surface area contributed by atoms with Crippen molar-refractivity contribution in [3.63, 3.8) is 0 Å². The predicted molar refractivity (Wildman–Crippen MR) is 231 cm³/mol. The molecule has 1 aromatic heterocycles. The van der Waals surface area contributed by atoms with Gasteiger partial charge in [-0.25, -0.2) is 4.79 Å². The summed E-state index contributed by atoms with van der Waals surface area (Å²) in [6, 6.07) is -4.15. The first kappa shape index (κ1) is 54.5. The van der Waals surface area contributed by atoms with Crippen LogP contribution in [0.1, 0.15) is 78.2 Å². The highest BCUT2D eigenvalue weighted by Crippen LogP contribution is 2.20. The number of aliphatic carboxylic acids is 3. The minimum absolute atomic E-state index is 0.0421. The van der Waals surface area contributed by atoms with Crippen molar-refractivity contribution in [2.45, 2.75) is 127 Å². The summed E-state index contributed by atoms with van der Waals surface area (Å²) in [6.07, 6.45) is 0.216. The molecule has 0 aliphatic rings. The van der Waals surface area contributed by atoms with E-state index >= 15 is 0 Å². The number of aromatic amines is 1. The van der Waals surface area contributed by atoms with Crippen LogP contribution in [0.3, 0.4) is 0 Å². The number of benzene rings is 1. The third kappa shape index (κ3) is 18.2. The van der Waals surface area contributed by atoms with Crippen molar-refractivity contribution in [1.82, 2.24) is 42.2 Å². The highest BCUT2D eigenvalue weighted by Gasteiger charge is 2.34. The highest BCUT2D eigenvalue weighted by molar-refractivity contribution is 5.98. The Hall–Kier alpha value is -6.66. The average molecular weight is 919 g/mol. The number of carbonyl (C=O) groups excluding carboxylic acids is 7. The Labute approximate surface area is 374 Å². The molecule has 2 rings (SSSR count). The van der Waals surface area contributed by atoms with Gasteiger partial charge in [0.05, 0.1) is 12.6 Å². The summed E-state index contributed by atoms with van der Waals surface area (Å²) >= 11 is 0. The van der Waals surface area contributed by atoms with Crippen molar-refractivity contribution in [2.75, 3.05) is 13.2 Å². The van der Waals surface area contributed by atoms with Gasteiger partial charge in [0, 0.05) is 36.4 Å². The number of para-hydroxylation sites is 1. The number of fused-ring (bicyclic) bond motifs is 1. The normalized spacial score (nSPS) is 14.8. The van der Waals surface area contributed by atoms with Crippen LogP contribution in [0.15, 0.2) is 30.5 Å². The zero-order valence-corrected chi connectivity index (χ0v) is 36.7. The molecule has 0 saturated carbocycles. The maximum absolute atomic E-state index is 14.2. The fraction of sp³-hybridized carbons (Fsp3) is 0.561. The second kappa shape index (κ2) is 26.8. The van der Waals surface area contributed by atoms with Gasteiger partial charge in [-0.1, -0.05) is 32.0 Å². The van der Waals surface area contributed by atoms with E-state index in [0.717, 1.165) is 0 Å². The Balaban J connectivity index is 2.37. The number of carbonyl (C=O) groups is 10. The monoisotopic (exact) mass is 918 g/mol.